The zero-order chi connectivity index (χ0) is 15.7. The molecule has 0 aliphatic heterocycles. The fourth-order valence-electron chi connectivity index (χ4n) is 1.87. The van der Waals surface area contributed by atoms with Crippen molar-refractivity contribution >= 4 is 15.9 Å². The van der Waals surface area contributed by atoms with E-state index in [-0.39, 0.29) is 11.3 Å². The molecule has 0 bridgehead atoms. The molecular formula is C14H23N3O3S. The van der Waals surface area contributed by atoms with Crippen LogP contribution in [-0.2, 0) is 21.2 Å². The van der Waals surface area contributed by atoms with E-state index in [9.17, 15) is 13.2 Å². The van der Waals surface area contributed by atoms with Gasteiger partial charge in [0.2, 0.25) is 5.91 Å². The van der Waals surface area contributed by atoms with Gasteiger partial charge < -0.3 is 11.5 Å². The molecule has 0 aliphatic carbocycles. The smallest absolute Gasteiger partial charge is 0.264 e. The van der Waals surface area contributed by atoms with Crippen LogP contribution >= 0.6 is 0 Å². The van der Waals surface area contributed by atoms with E-state index in [1.165, 1.54) is 12.1 Å². The minimum Gasteiger partial charge on any atom is -0.330 e. The molecular weight excluding hydrogens is 290 g/mol. The van der Waals surface area contributed by atoms with E-state index in [1.54, 1.807) is 12.1 Å². The summed E-state index contributed by atoms with van der Waals surface area (Å²) < 4.78 is 26.1. The molecule has 0 heterocycles. The maximum Gasteiger partial charge on any atom is 0.264 e. The Kier molecular flexibility index (Phi) is 7.35. The normalized spacial score (nSPS) is 11.3. The van der Waals surface area contributed by atoms with Gasteiger partial charge in [-0.25, -0.2) is 13.1 Å². The first-order chi connectivity index (χ1) is 9.99. The van der Waals surface area contributed by atoms with Gasteiger partial charge in [-0.15, -0.1) is 0 Å². The third-order valence-corrected chi connectivity index (χ3v) is 4.41. The Morgan fingerprint density at radius 1 is 1.00 bits per heavy atom. The van der Waals surface area contributed by atoms with Crippen LogP contribution in [-0.4, -0.2) is 27.4 Å². The number of sulfonamides is 1. The van der Waals surface area contributed by atoms with Crippen molar-refractivity contribution in [3.63, 3.8) is 0 Å². The van der Waals surface area contributed by atoms with Gasteiger partial charge in [0.1, 0.15) is 0 Å². The lowest BCUT2D eigenvalue weighted by Gasteiger charge is -2.07. The summed E-state index contributed by atoms with van der Waals surface area (Å²) in [7, 11) is -3.79. The Morgan fingerprint density at radius 2 is 1.67 bits per heavy atom. The number of unbranched alkanes of at least 4 members (excludes halogenated alkanes) is 2. The summed E-state index contributed by atoms with van der Waals surface area (Å²) >= 11 is 0. The number of amides is 1. The molecule has 1 aromatic carbocycles. The van der Waals surface area contributed by atoms with Gasteiger partial charge in [-0.2, -0.15) is 0 Å². The molecule has 0 unspecified atom stereocenters. The summed E-state index contributed by atoms with van der Waals surface area (Å²) in [4.78, 5) is 11.7. The summed E-state index contributed by atoms with van der Waals surface area (Å²) in [6, 6.07) is 6.37. The molecule has 0 aliphatic rings. The Bertz CT molecular complexity index is 541. The summed E-state index contributed by atoms with van der Waals surface area (Å²) in [5, 5.41) is 0. The van der Waals surface area contributed by atoms with Crippen LogP contribution < -0.4 is 16.2 Å². The van der Waals surface area contributed by atoms with Crippen molar-refractivity contribution in [3.05, 3.63) is 29.8 Å². The van der Waals surface area contributed by atoms with Crippen LogP contribution in [0.2, 0.25) is 0 Å². The molecule has 0 radical (unpaired) electrons. The van der Waals surface area contributed by atoms with Gasteiger partial charge in [-0.3, -0.25) is 4.79 Å². The zero-order valence-electron chi connectivity index (χ0n) is 12.0. The monoisotopic (exact) mass is 313 g/mol. The summed E-state index contributed by atoms with van der Waals surface area (Å²) in [5.74, 6) is -0.488. The van der Waals surface area contributed by atoms with Crippen molar-refractivity contribution in [2.75, 3.05) is 13.1 Å². The zero-order valence-corrected chi connectivity index (χ0v) is 12.9. The highest BCUT2D eigenvalue weighted by molar-refractivity contribution is 7.90. The fraction of sp³-hybridized carbons (Fsp3) is 0.500. The molecule has 0 fully saturated rings. The topological polar surface area (TPSA) is 115 Å². The molecule has 5 N–H and O–H groups in total. The number of rotatable bonds is 9. The maximum atomic E-state index is 12.0. The van der Waals surface area contributed by atoms with Crippen LogP contribution in [0.25, 0.3) is 0 Å². The predicted octanol–water partition coefficient (Wildman–Crippen LogP) is 0.512. The van der Waals surface area contributed by atoms with Crippen LogP contribution in [0.4, 0.5) is 0 Å². The SMILES string of the molecule is NCCCCCC(=O)NS(=O)(=O)c1ccc(CCN)cc1. The molecule has 7 heteroatoms. The van der Waals surface area contributed by atoms with Crippen LogP contribution in [0.3, 0.4) is 0 Å². The van der Waals surface area contributed by atoms with Crippen molar-refractivity contribution in [1.82, 2.24) is 4.72 Å². The fourth-order valence-corrected chi connectivity index (χ4v) is 2.88. The number of hydrogen-bond donors (Lipinski definition) is 3. The molecule has 0 saturated carbocycles. The third-order valence-electron chi connectivity index (χ3n) is 3.02. The average molecular weight is 313 g/mol. The molecule has 1 rings (SSSR count). The largest absolute Gasteiger partial charge is 0.330 e. The Hall–Kier alpha value is -1.44. The van der Waals surface area contributed by atoms with E-state index >= 15 is 0 Å². The van der Waals surface area contributed by atoms with E-state index in [0.29, 0.717) is 25.9 Å². The van der Waals surface area contributed by atoms with E-state index in [1.807, 2.05) is 0 Å². The number of carbonyl (C=O) groups excluding carboxylic acids is 1. The molecule has 0 atom stereocenters. The Morgan fingerprint density at radius 3 is 2.24 bits per heavy atom. The van der Waals surface area contributed by atoms with Crippen LogP contribution in [0, 0.1) is 0 Å². The minimum atomic E-state index is -3.79. The number of nitrogens with two attached hydrogens (primary N) is 2. The Labute approximate surface area is 126 Å². The maximum absolute atomic E-state index is 12.0. The molecule has 118 valence electrons. The molecule has 6 nitrogen and oxygen atoms in total. The summed E-state index contributed by atoms with van der Waals surface area (Å²) in [5.41, 5.74) is 11.8. The van der Waals surface area contributed by atoms with Gasteiger partial charge in [-0.1, -0.05) is 18.6 Å². The van der Waals surface area contributed by atoms with Gasteiger partial charge >= 0.3 is 0 Å². The molecule has 1 aromatic rings. The van der Waals surface area contributed by atoms with Gasteiger partial charge in [-0.05, 0) is 50.0 Å². The van der Waals surface area contributed by atoms with E-state index in [4.69, 9.17) is 11.5 Å². The minimum absolute atomic E-state index is 0.0820. The van der Waals surface area contributed by atoms with Gasteiger partial charge in [0.05, 0.1) is 4.90 Å². The van der Waals surface area contributed by atoms with Crippen LogP contribution in [0.15, 0.2) is 29.2 Å². The van der Waals surface area contributed by atoms with Crippen LogP contribution in [0.1, 0.15) is 31.2 Å². The lowest BCUT2D eigenvalue weighted by molar-refractivity contribution is -0.119. The molecule has 0 spiro atoms. The van der Waals surface area contributed by atoms with Crippen molar-refractivity contribution in [3.8, 4) is 0 Å². The summed E-state index contributed by atoms with van der Waals surface area (Å²) in [6.45, 7) is 1.08. The van der Waals surface area contributed by atoms with Crippen molar-refractivity contribution < 1.29 is 13.2 Å². The third kappa shape index (κ3) is 6.24. The molecule has 21 heavy (non-hydrogen) atoms. The molecule has 0 aromatic heterocycles. The van der Waals surface area contributed by atoms with Gasteiger partial charge in [0.15, 0.2) is 0 Å². The van der Waals surface area contributed by atoms with E-state index < -0.39 is 15.9 Å². The van der Waals surface area contributed by atoms with E-state index in [2.05, 4.69) is 4.72 Å². The summed E-state index contributed by atoms with van der Waals surface area (Å²) in [6.07, 6.45) is 3.16. The number of carbonyl (C=O) groups is 1. The number of nitrogens with one attached hydrogen (secondary N) is 1. The first-order valence-electron chi connectivity index (χ1n) is 7.04. The van der Waals surface area contributed by atoms with Gasteiger partial charge in [0.25, 0.3) is 10.0 Å². The average Bonchev–Trinajstić information content (AvgIpc) is 2.44. The first kappa shape index (κ1) is 17.6. The highest BCUT2D eigenvalue weighted by Crippen LogP contribution is 2.11. The number of benzene rings is 1. The van der Waals surface area contributed by atoms with Crippen molar-refractivity contribution in [2.45, 2.75) is 37.0 Å². The van der Waals surface area contributed by atoms with Crippen molar-refractivity contribution in [2.24, 2.45) is 11.5 Å². The first-order valence-corrected chi connectivity index (χ1v) is 8.52. The van der Waals surface area contributed by atoms with Crippen molar-refractivity contribution in [1.29, 1.82) is 0 Å². The Balaban J connectivity index is 2.57. The van der Waals surface area contributed by atoms with E-state index in [0.717, 1.165) is 18.4 Å². The second kappa shape index (κ2) is 8.76. The molecule has 1 amide bonds. The highest BCUT2D eigenvalue weighted by atomic mass is 32.2. The predicted molar refractivity (Wildman–Crippen MR) is 82.1 cm³/mol. The second-order valence-corrected chi connectivity index (χ2v) is 6.49. The highest BCUT2D eigenvalue weighted by Gasteiger charge is 2.16. The quantitative estimate of drug-likeness (QED) is 0.575. The second-order valence-electron chi connectivity index (χ2n) is 4.81. The molecule has 0 saturated heterocycles. The van der Waals surface area contributed by atoms with Gasteiger partial charge in [0, 0.05) is 6.42 Å². The lowest BCUT2D eigenvalue weighted by atomic mass is 10.2. The lowest BCUT2D eigenvalue weighted by Crippen LogP contribution is -2.30. The standard InChI is InChI=1S/C14H23N3O3S/c15-10-3-1-2-4-14(18)17-21(19,20)13-7-5-12(6-8-13)9-11-16/h5-8H,1-4,9-11,15-16H2,(H,17,18). The number of hydrogen-bond acceptors (Lipinski definition) is 5. The van der Waals surface area contributed by atoms with Crippen LogP contribution in [0.5, 0.6) is 0 Å².